The molecule has 6 nitrogen and oxygen atoms in total. The number of aromatic nitrogens is 3. The number of nitrogens with zero attached hydrogens (tertiary/aromatic N) is 3. The molecule has 7 heteroatoms. The Bertz CT molecular complexity index is 577. The maximum Gasteiger partial charge on any atom is 0.255 e. The maximum atomic E-state index is 12.2. The highest BCUT2D eigenvalue weighted by atomic mass is 32.2. The van der Waals surface area contributed by atoms with Crippen LogP contribution in [-0.2, 0) is 4.74 Å². The van der Waals surface area contributed by atoms with Gasteiger partial charge >= 0.3 is 0 Å². The molecule has 0 saturated heterocycles. The van der Waals surface area contributed by atoms with Crippen molar-refractivity contribution in [1.82, 2.24) is 20.3 Å². The minimum absolute atomic E-state index is 0.254. The quantitative estimate of drug-likeness (QED) is 0.647. The second-order valence-corrected chi connectivity index (χ2v) is 4.97. The molecule has 0 saturated carbocycles. The molecule has 0 aliphatic rings. The van der Waals surface area contributed by atoms with Gasteiger partial charge in [-0.25, -0.2) is 9.97 Å². The topological polar surface area (TPSA) is 77.0 Å². The van der Waals surface area contributed by atoms with Gasteiger partial charge in [-0.1, -0.05) is 17.8 Å². The van der Waals surface area contributed by atoms with E-state index in [2.05, 4.69) is 20.3 Å². The van der Waals surface area contributed by atoms with Gasteiger partial charge in [-0.3, -0.25) is 9.78 Å². The third-order valence-electron chi connectivity index (χ3n) is 2.76. The van der Waals surface area contributed by atoms with E-state index >= 15 is 0 Å². The van der Waals surface area contributed by atoms with Gasteiger partial charge < -0.3 is 10.1 Å². The first kappa shape index (κ1) is 15.4. The second kappa shape index (κ2) is 7.70. The van der Waals surface area contributed by atoms with Crippen LogP contribution in [0.1, 0.15) is 22.1 Å². The van der Waals surface area contributed by atoms with E-state index in [0.717, 1.165) is 5.69 Å². The predicted molar refractivity (Wildman–Crippen MR) is 80.1 cm³/mol. The normalized spacial score (nSPS) is 11.9. The zero-order valence-corrected chi connectivity index (χ0v) is 12.6. The Balaban J connectivity index is 2.10. The number of hydrogen-bond donors (Lipinski definition) is 1. The fraction of sp³-hybridized carbons (Fsp3) is 0.286. The van der Waals surface area contributed by atoms with Gasteiger partial charge in [0, 0.05) is 25.7 Å². The molecule has 0 aliphatic carbocycles. The summed E-state index contributed by atoms with van der Waals surface area (Å²) in [5, 5.41) is 3.50. The molecule has 0 aromatic carbocycles. The molecule has 2 aromatic rings. The van der Waals surface area contributed by atoms with E-state index < -0.39 is 0 Å². The van der Waals surface area contributed by atoms with E-state index in [-0.39, 0.29) is 11.9 Å². The summed E-state index contributed by atoms with van der Waals surface area (Å²) in [5.41, 5.74) is 1.15. The highest BCUT2D eigenvalue weighted by Crippen LogP contribution is 2.12. The van der Waals surface area contributed by atoms with Crippen LogP contribution >= 0.6 is 11.8 Å². The molecule has 1 N–H and O–H groups in total. The number of thioether (sulfide) groups is 1. The second-order valence-electron chi connectivity index (χ2n) is 4.19. The Kier molecular flexibility index (Phi) is 5.65. The SMILES string of the molecule is COC[C@@H](NC(=O)c1cnc(SC)nc1)c1ccccn1. The lowest BCUT2D eigenvalue weighted by atomic mass is 10.2. The Hall–Kier alpha value is -1.99. The molecule has 0 unspecified atom stereocenters. The van der Waals surface area contributed by atoms with Crippen LogP contribution in [0.4, 0.5) is 0 Å². The van der Waals surface area contributed by atoms with Gasteiger partial charge in [0.25, 0.3) is 5.91 Å². The molecule has 0 fully saturated rings. The number of nitrogens with one attached hydrogen (secondary N) is 1. The summed E-state index contributed by atoms with van der Waals surface area (Å²) < 4.78 is 5.14. The molecule has 0 aliphatic heterocycles. The van der Waals surface area contributed by atoms with Crippen molar-refractivity contribution in [2.24, 2.45) is 0 Å². The van der Waals surface area contributed by atoms with Crippen LogP contribution in [0.3, 0.4) is 0 Å². The summed E-state index contributed by atoms with van der Waals surface area (Å²) in [6, 6.07) is 5.22. The first-order chi connectivity index (χ1) is 10.2. The van der Waals surface area contributed by atoms with Crippen molar-refractivity contribution in [1.29, 1.82) is 0 Å². The van der Waals surface area contributed by atoms with Crippen molar-refractivity contribution in [3.05, 3.63) is 48.0 Å². The van der Waals surface area contributed by atoms with Crippen LogP contribution < -0.4 is 5.32 Å². The minimum atomic E-state index is -0.316. The Morgan fingerprint density at radius 2 is 2.10 bits per heavy atom. The van der Waals surface area contributed by atoms with Crippen LogP contribution in [-0.4, -0.2) is 40.8 Å². The Labute approximate surface area is 127 Å². The first-order valence-electron chi connectivity index (χ1n) is 6.31. The van der Waals surface area contributed by atoms with Gasteiger partial charge in [0.1, 0.15) is 0 Å². The summed E-state index contributed by atoms with van der Waals surface area (Å²) in [6.07, 6.45) is 6.58. The smallest absolute Gasteiger partial charge is 0.255 e. The number of amides is 1. The molecule has 21 heavy (non-hydrogen) atoms. The monoisotopic (exact) mass is 304 g/mol. The first-order valence-corrected chi connectivity index (χ1v) is 7.54. The van der Waals surface area contributed by atoms with E-state index in [9.17, 15) is 4.79 Å². The molecule has 0 spiro atoms. The molecule has 2 aromatic heterocycles. The van der Waals surface area contributed by atoms with Gasteiger partial charge in [0.15, 0.2) is 5.16 Å². The summed E-state index contributed by atoms with van der Waals surface area (Å²) in [7, 11) is 1.58. The Morgan fingerprint density at radius 3 is 2.67 bits per heavy atom. The number of rotatable bonds is 6. The lowest BCUT2D eigenvalue weighted by molar-refractivity contribution is 0.0893. The molecule has 1 atom stereocenters. The zero-order valence-electron chi connectivity index (χ0n) is 11.8. The number of carbonyl (C=O) groups excluding carboxylic acids is 1. The van der Waals surface area contributed by atoms with Gasteiger partial charge in [-0.05, 0) is 18.4 Å². The molecular formula is C14H16N4O2S. The van der Waals surface area contributed by atoms with Gasteiger partial charge in [0.05, 0.1) is 23.9 Å². The van der Waals surface area contributed by atoms with E-state index in [1.165, 1.54) is 24.2 Å². The van der Waals surface area contributed by atoms with Crippen LogP contribution in [0.15, 0.2) is 41.9 Å². The van der Waals surface area contributed by atoms with Gasteiger partial charge in [-0.15, -0.1) is 0 Å². The number of pyridine rings is 1. The lowest BCUT2D eigenvalue weighted by Gasteiger charge is -2.17. The van der Waals surface area contributed by atoms with E-state index in [0.29, 0.717) is 17.3 Å². The fourth-order valence-corrected chi connectivity index (χ4v) is 2.05. The maximum absolute atomic E-state index is 12.2. The highest BCUT2D eigenvalue weighted by molar-refractivity contribution is 7.98. The van der Waals surface area contributed by atoms with Crippen LogP contribution in [0.2, 0.25) is 0 Å². The zero-order chi connectivity index (χ0) is 15.1. The van der Waals surface area contributed by atoms with Gasteiger partial charge in [-0.2, -0.15) is 0 Å². The van der Waals surface area contributed by atoms with E-state index in [1.54, 1.807) is 13.3 Å². The third kappa shape index (κ3) is 4.24. The van der Waals surface area contributed by atoms with E-state index in [4.69, 9.17) is 4.74 Å². The molecular weight excluding hydrogens is 288 g/mol. The Morgan fingerprint density at radius 1 is 1.33 bits per heavy atom. The molecule has 110 valence electrons. The largest absolute Gasteiger partial charge is 0.382 e. The molecule has 2 rings (SSSR count). The average Bonchev–Trinajstić information content (AvgIpc) is 2.55. The summed E-state index contributed by atoms with van der Waals surface area (Å²) in [4.78, 5) is 24.6. The van der Waals surface area contributed by atoms with Crippen molar-refractivity contribution < 1.29 is 9.53 Å². The number of hydrogen-bond acceptors (Lipinski definition) is 6. The standard InChI is InChI=1S/C14H16N4O2S/c1-20-9-12(11-5-3-4-6-15-11)18-13(19)10-7-16-14(21-2)17-8-10/h3-8,12H,9H2,1-2H3,(H,18,19)/t12-/m1/s1. The number of carbonyl (C=O) groups is 1. The third-order valence-corrected chi connectivity index (χ3v) is 3.33. The van der Waals surface area contributed by atoms with Crippen molar-refractivity contribution >= 4 is 17.7 Å². The van der Waals surface area contributed by atoms with Crippen LogP contribution in [0.25, 0.3) is 0 Å². The van der Waals surface area contributed by atoms with Crippen molar-refractivity contribution in [3.8, 4) is 0 Å². The summed E-state index contributed by atoms with van der Waals surface area (Å²) >= 11 is 1.42. The number of methoxy groups -OCH3 is 1. The molecule has 2 heterocycles. The van der Waals surface area contributed by atoms with Crippen molar-refractivity contribution in [2.75, 3.05) is 20.0 Å². The van der Waals surface area contributed by atoms with E-state index in [1.807, 2.05) is 24.5 Å². The van der Waals surface area contributed by atoms with Crippen LogP contribution in [0, 0.1) is 0 Å². The average molecular weight is 304 g/mol. The van der Waals surface area contributed by atoms with Crippen LogP contribution in [0.5, 0.6) is 0 Å². The van der Waals surface area contributed by atoms with Gasteiger partial charge in [0.2, 0.25) is 0 Å². The van der Waals surface area contributed by atoms with Crippen molar-refractivity contribution in [2.45, 2.75) is 11.2 Å². The summed E-state index contributed by atoms with van der Waals surface area (Å²) in [5.74, 6) is -0.254. The minimum Gasteiger partial charge on any atom is -0.382 e. The molecule has 0 radical (unpaired) electrons. The lowest BCUT2D eigenvalue weighted by Crippen LogP contribution is -2.32. The molecule has 1 amide bonds. The van der Waals surface area contributed by atoms with Crippen molar-refractivity contribution in [3.63, 3.8) is 0 Å². The summed E-state index contributed by atoms with van der Waals surface area (Å²) in [6.45, 7) is 0.340. The fourth-order valence-electron chi connectivity index (χ4n) is 1.73. The number of ether oxygens (including phenoxy) is 1. The molecule has 0 bridgehead atoms. The highest BCUT2D eigenvalue weighted by Gasteiger charge is 2.17. The predicted octanol–water partition coefficient (Wildman–Crippen LogP) is 1.71.